The predicted octanol–water partition coefficient (Wildman–Crippen LogP) is 4.58. The zero-order chi connectivity index (χ0) is 18.2. The molecule has 25 heavy (non-hydrogen) atoms. The van der Waals surface area contributed by atoms with Crippen molar-refractivity contribution < 1.29 is 23.1 Å². The monoisotopic (exact) mass is 346 g/mol. The molecule has 2 N–H and O–H groups in total. The summed E-state index contributed by atoms with van der Waals surface area (Å²) < 4.78 is 38.8. The first-order chi connectivity index (χ1) is 11.8. The fourth-order valence-corrected chi connectivity index (χ4v) is 2.61. The van der Waals surface area contributed by atoms with E-state index < -0.39 is 11.7 Å². The Morgan fingerprint density at radius 2 is 1.92 bits per heavy atom. The first-order valence-corrected chi connectivity index (χ1v) is 7.33. The molecule has 4 nitrogen and oxygen atoms in total. The van der Waals surface area contributed by atoms with Gasteiger partial charge in [0.25, 0.3) is 0 Å². The number of benzene rings is 2. The smallest absolute Gasteiger partial charge is 0.416 e. The molecule has 0 fully saturated rings. The Morgan fingerprint density at radius 3 is 2.60 bits per heavy atom. The number of fused-ring (bicyclic) bond motifs is 1. The maximum Gasteiger partial charge on any atom is 0.416 e. The Kier molecular flexibility index (Phi) is 4.08. The second kappa shape index (κ2) is 6.08. The van der Waals surface area contributed by atoms with Crippen LogP contribution in [-0.4, -0.2) is 16.0 Å². The van der Waals surface area contributed by atoms with Crippen molar-refractivity contribution in [2.45, 2.75) is 13.1 Å². The van der Waals surface area contributed by atoms with Crippen LogP contribution in [0.3, 0.4) is 0 Å². The van der Waals surface area contributed by atoms with E-state index in [1.807, 2.05) is 0 Å². The maximum absolute atomic E-state index is 12.9. The van der Waals surface area contributed by atoms with E-state index in [4.69, 9.17) is 0 Å². The summed E-state index contributed by atoms with van der Waals surface area (Å²) in [6, 6.07) is 9.60. The Hall–Kier alpha value is -3.09. The van der Waals surface area contributed by atoms with Crippen LogP contribution < -0.4 is 5.32 Å². The van der Waals surface area contributed by atoms with Crippen molar-refractivity contribution in [3.63, 3.8) is 0 Å². The molecule has 0 unspecified atom stereocenters. The van der Waals surface area contributed by atoms with E-state index in [9.17, 15) is 23.1 Å². The molecule has 2 aromatic carbocycles. The Morgan fingerprint density at radius 1 is 1.16 bits per heavy atom. The van der Waals surface area contributed by atoms with E-state index in [0.29, 0.717) is 16.5 Å². The minimum atomic E-state index is -4.44. The third kappa shape index (κ3) is 3.26. The van der Waals surface area contributed by atoms with Crippen molar-refractivity contribution in [3.8, 4) is 16.9 Å². The van der Waals surface area contributed by atoms with Gasteiger partial charge in [0.05, 0.1) is 11.3 Å². The van der Waals surface area contributed by atoms with Gasteiger partial charge >= 0.3 is 6.18 Å². The zero-order valence-corrected chi connectivity index (χ0v) is 13.1. The zero-order valence-electron chi connectivity index (χ0n) is 13.1. The molecule has 0 saturated carbocycles. The first kappa shape index (κ1) is 16.8. The third-order valence-electron chi connectivity index (χ3n) is 3.70. The fraction of sp³-hybridized carbons (Fsp3) is 0.111. The largest absolute Gasteiger partial charge is 0.504 e. The molecule has 128 valence electrons. The quantitative estimate of drug-likeness (QED) is 0.668. The number of nitrogens with one attached hydrogen (secondary N) is 1. The second-order valence-corrected chi connectivity index (χ2v) is 5.48. The highest BCUT2D eigenvalue weighted by Gasteiger charge is 2.30. The Labute approximate surface area is 140 Å². The average molecular weight is 346 g/mol. The number of rotatable bonds is 2. The number of hydrogen-bond donors (Lipinski definition) is 2. The highest BCUT2D eigenvalue weighted by atomic mass is 19.4. The van der Waals surface area contributed by atoms with Crippen LogP contribution in [0.5, 0.6) is 5.75 Å². The van der Waals surface area contributed by atoms with Gasteiger partial charge < -0.3 is 10.4 Å². The first-order valence-electron chi connectivity index (χ1n) is 7.33. The van der Waals surface area contributed by atoms with Gasteiger partial charge in [0, 0.05) is 18.5 Å². The van der Waals surface area contributed by atoms with E-state index in [1.165, 1.54) is 25.3 Å². The van der Waals surface area contributed by atoms with E-state index in [1.54, 1.807) is 18.2 Å². The van der Waals surface area contributed by atoms with Gasteiger partial charge in [-0.3, -0.25) is 9.78 Å². The lowest BCUT2D eigenvalue weighted by Crippen LogP contribution is -2.06. The van der Waals surface area contributed by atoms with Gasteiger partial charge in [-0.15, -0.1) is 0 Å². The van der Waals surface area contributed by atoms with Crippen molar-refractivity contribution >= 4 is 22.5 Å². The lowest BCUT2D eigenvalue weighted by molar-refractivity contribution is -0.137. The number of hydrogen-bond acceptors (Lipinski definition) is 3. The van der Waals surface area contributed by atoms with Gasteiger partial charge in [-0.1, -0.05) is 12.1 Å². The van der Waals surface area contributed by atoms with Gasteiger partial charge in [0.15, 0.2) is 5.75 Å². The SMILES string of the molecule is CC(=O)Nc1ccc2c(-c3cccc(C(F)(F)F)c3)ccnc2c1O. The van der Waals surface area contributed by atoms with Crippen LogP contribution in [0.15, 0.2) is 48.7 Å². The molecule has 1 aromatic heterocycles. The molecule has 0 bridgehead atoms. The number of anilines is 1. The van der Waals surface area contributed by atoms with Crippen LogP contribution in [0.4, 0.5) is 18.9 Å². The molecule has 0 saturated heterocycles. The van der Waals surface area contributed by atoms with Gasteiger partial charge in [-0.2, -0.15) is 13.2 Å². The topological polar surface area (TPSA) is 62.2 Å². The fourth-order valence-electron chi connectivity index (χ4n) is 2.61. The number of pyridine rings is 1. The van der Waals surface area contributed by atoms with Crippen molar-refractivity contribution in [3.05, 3.63) is 54.2 Å². The lowest BCUT2D eigenvalue weighted by Gasteiger charge is -2.12. The molecular weight excluding hydrogens is 333 g/mol. The summed E-state index contributed by atoms with van der Waals surface area (Å²) in [7, 11) is 0. The minimum Gasteiger partial charge on any atom is -0.504 e. The molecule has 3 rings (SSSR count). The molecular formula is C18H13F3N2O2. The molecule has 0 radical (unpaired) electrons. The van der Waals surface area contributed by atoms with E-state index in [0.717, 1.165) is 12.1 Å². The standard InChI is InChI=1S/C18H13F3N2O2/c1-10(24)23-15-6-5-14-13(7-8-22-16(14)17(15)25)11-3-2-4-12(9-11)18(19,20)21/h2-9,25H,1H3,(H,23,24). The highest BCUT2D eigenvalue weighted by molar-refractivity contribution is 6.02. The summed E-state index contributed by atoms with van der Waals surface area (Å²) in [5, 5.41) is 13.3. The van der Waals surface area contributed by atoms with Crippen LogP contribution >= 0.6 is 0 Å². The molecule has 3 aromatic rings. The second-order valence-electron chi connectivity index (χ2n) is 5.48. The number of aromatic nitrogens is 1. The molecule has 7 heteroatoms. The van der Waals surface area contributed by atoms with Crippen LogP contribution in [-0.2, 0) is 11.0 Å². The molecule has 0 aliphatic heterocycles. The van der Waals surface area contributed by atoms with Crippen LogP contribution in [0.1, 0.15) is 12.5 Å². The van der Waals surface area contributed by atoms with Gasteiger partial charge in [-0.05, 0) is 41.5 Å². The Bertz CT molecular complexity index is 968. The third-order valence-corrected chi connectivity index (χ3v) is 3.70. The van der Waals surface area contributed by atoms with Gasteiger partial charge in [0.2, 0.25) is 5.91 Å². The minimum absolute atomic E-state index is 0.189. The summed E-state index contributed by atoms with van der Waals surface area (Å²) in [6.07, 6.45) is -3.05. The molecule has 0 aliphatic rings. The van der Waals surface area contributed by atoms with E-state index in [2.05, 4.69) is 10.3 Å². The van der Waals surface area contributed by atoms with Crippen molar-refractivity contribution in [2.75, 3.05) is 5.32 Å². The average Bonchev–Trinajstić information content (AvgIpc) is 2.56. The summed E-state index contributed by atoms with van der Waals surface area (Å²) in [5.74, 6) is -0.592. The number of phenolic OH excluding ortho intramolecular Hbond substituents is 1. The lowest BCUT2D eigenvalue weighted by atomic mass is 9.99. The summed E-state index contributed by atoms with van der Waals surface area (Å²) in [6.45, 7) is 1.30. The normalized spacial score (nSPS) is 11.5. The van der Waals surface area contributed by atoms with Crippen LogP contribution in [0.25, 0.3) is 22.0 Å². The van der Waals surface area contributed by atoms with Gasteiger partial charge in [0.1, 0.15) is 5.52 Å². The van der Waals surface area contributed by atoms with Crippen molar-refractivity contribution in [1.82, 2.24) is 4.98 Å². The summed E-state index contributed by atoms with van der Waals surface area (Å²) in [5.41, 5.74) is 0.485. The molecule has 1 heterocycles. The number of alkyl halides is 3. The van der Waals surface area contributed by atoms with Crippen LogP contribution in [0, 0.1) is 0 Å². The molecule has 0 atom stereocenters. The number of nitrogens with zero attached hydrogens (tertiary/aromatic N) is 1. The number of carbonyl (C=O) groups is 1. The number of phenols is 1. The molecule has 0 spiro atoms. The predicted molar refractivity (Wildman–Crippen MR) is 88.1 cm³/mol. The maximum atomic E-state index is 12.9. The van der Waals surface area contributed by atoms with Crippen LogP contribution in [0.2, 0.25) is 0 Å². The Balaban J connectivity index is 2.18. The van der Waals surface area contributed by atoms with Crippen molar-refractivity contribution in [2.24, 2.45) is 0 Å². The molecule has 0 aliphatic carbocycles. The van der Waals surface area contributed by atoms with Crippen molar-refractivity contribution in [1.29, 1.82) is 0 Å². The summed E-state index contributed by atoms with van der Waals surface area (Å²) in [4.78, 5) is 15.3. The van der Waals surface area contributed by atoms with Gasteiger partial charge in [-0.25, -0.2) is 0 Å². The number of halogens is 3. The number of amides is 1. The number of carbonyl (C=O) groups excluding carboxylic acids is 1. The number of aromatic hydroxyl groups is 1. The molecule has 1 amide bonds. The highest BCUT2D eigenvalue weighted by Crippen LogP contribution is 2.38. The van der Waals surface area contributed by atoms with E-state index in [-0.39, 0.29) is 22.9 Å². The van der Waals surface area contributed by atoms with E-state index >= 15 is 0 Å². The summed E-state index contributed by atoms with van der Waals surface area (Å²) >= 11 is 0.